The number of aliphatic hydroxyl groups is 1. The van der Waals surface area contributed by atoms with Crippen molar-refractivity contribution in [2.75, 3.05) is 6.61 Å². The van der Waals surface area contributed by atoms with Crippen molar-refractivity contribution in [2.45, 2.75) is 25.3 Å². The molecule has 2 aromatic rings. The van der Waals surface area contributed by atoms with E-state index in [-0.39, 0.29) is 12.8 Å². The molecular formula is C16H17N3O4. The summed E-state index contributed by atoms with van der Waals surface area (Å²) in [6.45, 7) is 1.16. The average molecular weight is 315 g/mol. The first-order chi connectivity index (χ1) is 11.0. The number of benzene rings is 1. The number of aliphatic hydroxyl groups excluding tert-OH is 1. The second-order valence-electron chi connectivity index (χ2n) is 5.18. The third kappa shape index (κ3) is 3.87. The molecule has 7 heteroatoms. The smallest absolute Gasteiger partial charge is 0.406 e. The van der Waals surface area contributed by atoms with Gasteiger partial charge in [0.05, 0.1) is 18.4 Å². The average Bonchev–Trinajstić information content (AvgIpc) is 2.93. The number of rotatable bonds is 6. The summed E-state index contributed by atoms with van der Waals surface area (Å²) in [5, 5.41) is 29.4. The molecule has 1 heterocycles. The number of aromatic nitrogens is 1. The van der Waals surface area contributed by atoms with Crippen LogP contribution in [0, 0.1) is 18.3 Å². The number of amides is 1. The van der Waals surface area contributed by atoms with E-state index in [0.717, 1.165) is 5.56 Å². The molecule has 3 N–H and O–H groups in total. The predicted molar refractivity (Wildman–Crippen MR) is 81.6 cm³/mol. The van der Waals surface area contributed by atoms with Crippen molar-refractivity contribution >= 4 is 6.09 Å². The molecule has 0 aliphatic heterocycles. The summed E-state index contributed by atoms with van der Waals surface area (Å²) in [5.41, 5.74) is -0.0546. The van der Waals surface area contributed by atoms with Crippen LogP contribution in [0.5, 0.6) is 0 Å². The van der Waals surface area contributed by atoms with Crippen molar-refractivity contribution in [1.82, 2.24) is 10.3 Å². The Labute approximate surface area is 133 Å². The van der Waals surface area contributed by atoms with Gasteiger partial charge in [0.25, 0.3) is 0 Å². The molecule has 0 bridgehead atoms. The summed E-state index contributed by atoms with van der Waals surface area (Å²) in [5.74, 6) is 1.03. The lowest BCUT2D eigenvalue weighted by Crippen LogP contribution is -2.50. The molecule has 0 spiro atoms. The van der Waals surface area contributed by atoms with E-state index in [4.69, 9.17) is 9.52 Å². The van der Waals surface area contributed by atoms with E-state index >= 15 is 0 Å². The summed E-state index contributed by atoms with van der Waals surface area (Å²) >= 11 is 0. The Morgan fingerprint density at radius 1 is 1.43 bits per heavy atom. The molecule has 1 amide bonds. The second kappa shape index (κ2) is 6.94. The van der Waals surface area contributed by atoms with Crippen molar-refractivity contribution in [1.29, 1.82) is 5.26 Å². The van der Waals surface area contributed by atoms with Crippen LogP contribution in [0.15, 0.2) is 34.7 Å². The Hall–Kier alpha value is -2.85. The molecule has 0 aliphatic rings. The van der Waals surface area contributed by atoms with Crippen molar-refractivity contribution in [3.8, 4) is 17.5 Å². The maximum atomic E-state index is 10.8. The zero-order valence-electron chi connectivity index (χ0n) is 12.6. The minimum Gasteiger partial charge on any atom is -0.465 e. The molecule has 7 nitrogen and oxygen atoms in total. The fourth-order valence-electron chi connectivity index (χ4n) is 2.20. The molecule has 0 aliphatic carbocycles. The van der Waals surface area contributed by atoms with Crippen LogP contribution in [-0.2, 0) is 6.42 Å². The Balaban J connectivity index is 2.16. The second-order valence-corrected chi connectivity index (χ2v) is 5.18. The van der Waals surface area contributed by atoms with Crippen LogP contribution < -0.4 is 5.32 Å². The highest BCUT2D eigenvalue weighted by molar-refractivity contribution is 5.66. The van der Waals surface area contributed by atoms with Crippen molar-refractivity contribution in [3.05, 3.63) is 41.8 Å². The lowest BCUT2D eigenvalue weighted by atomic mass is 9.95. The Morgan fingerprint density at radius 2 is 2.13 bits per heavy atom. The molecule has 1 atom stereocenters. The largest absolute Gasteiger partial charge is 0.465 e. The number of nitrogens with one attached hydrogen (secondary N) is 1. The van der Waals surface area contributed by atoms with Gasteiger partial charge in [-0.3, -0.25) is 0 Å². The molecular weight excluding hydrogens is 298 g/mol. The molecule has 1 unspecified atom stereocenters. The van der Waals surface area contributed by atoms with E-state index in [1.54, 1.807) is 6.92 Å². The van der Waals surface area contributed by atoms with E-state index in [1.807, 2.05) is 36.4 Å². The summed E-state index contributed by atoms with van der Waals surface area (Å²) in [6, 6.07) is 11.2. The number of carboxylic acid groups (broad SMARTS) is 1. The van der Waals surface area contributed by atoms with Gasteiger partial charge in [-0.15, -0.1) is 0 Å². The topological polar surface area (TPSA) is 119 Å². The molecule has 0 fully saturated rings. The standard InChI is InChI=1S/C16H17N3O4/c1-11-13(7-8-16(9-17,10-20)19-15(21)22)23-14(18-11)12-5-3-2-4-6-12/h2-6,19-20H,7-8,10H2,1H3,(H,21,22). The lowest BCUT2D eigenvalue weighted by molar-refractivity contribution is 0.156. The zero-order valence-corrected chi connectivity index (χ0v) is 12.6. The van der Waals surface area contributed by atoms with Crippen molar-refractivity contribution < 1.29 is 19.4 Å². The maximum absolute atomic E-state index is 10.8. The molecule has 0 radical (unpaired) electrons. The fraction of sp³-hybridized carbons (Fsp3) is 0.312. The van der Waals surface area contributed by atoms with E-state index < -0.39 is 18.2 Å². The highest BCUT2D eigenvalue weighted by atomic mass is 16.4. The van der Waals surface area contributed by atoms with Crippen LogP contribution in [0.25, 0.3) is 11.5 Å². The van der Waals surface area contributed by atoms with Gasteiger partial charge in [0, 0.05) is 12.0 Å². The van der Waals surface area contributed by atoms with Crippen LogP contribution in [0.4, 0.5) is 4.79 Å². The first kappa shape index (κ1) is 16.5. The number of hydrogen-bond donors (Lipinski definition) is 3. The molecule has 1 aromatic heterocycles. The van der Waals surface area contributed by atoms with Crippen LogP contribution in [0.3, 0.4) is 0 Å². The van der Waals surface area contributed by atoms with Crippen molar-refractivity contribution in [3.63, 3.8) is 0 Å². The highest BCUT2D eigenvalue weighted by Gasteiger charge is 2.32. The van der Waals surface area contributed by atoms with Gasteiger partial charge >= 0.3 is 6.09 Å². The number of nitrogens with zero attached hydrogens (tertiary/aromatic N) is 2. The molecule has 120 valence electrons. The van der Waals surface area contributed by atoms with Gasteiger partial charge in [-0.25, -0.2) is 9.78 Å². The summed E-state index contributed by atoms with van der Waals surface area (Å²) in [4.78, 5) is 15.1. The van der Waals surface area contributed by atoms with Gasteiger partial charge < -0.3 is 19.9 Å². The summed E-state index contributed by atoms with van der Waals surface area (Å²) < 4.78 is 5.71. The van der Waals surface area contributed by atoms with Gasteiger partial charge in [-0.2, -0.15) is 5.26 Å². The monoisotopic (exact) mass is 315 g/mol. The first-order valence-corrected chi connectivity index (χ1v) is 7.04. The maximum Gasteiger partial charge on any atom is 0.406 e. The molecule has 0 saturated heterocycles. The Bertz CT molecular complexity index is 721. The minimum absolute atomic E-state index is 0.0799. The Morgan fingerprint density at radius 3 is 2.70 bits per heavy atom. The van der Waals surface area contributed by atoms with E-state index in [2.05, 4.69) is 10.3 Å². The summed E-state index contributed by atoms with van der Waals surface area (Å²) in [7, 11) is 0. The Kier molecular flexibility index (Phi) is 4.98. The third-order valence-electron chi connectivity index (χ3n) is 3.52. The lowest BCUT2D eigenvalue weighted by Gasteiger charge is -2.23. The first-order valence-electron chi connectivity index (χ1n) is 7.04. The molecule has 23 heavy (non-hydrogen) atoms. The van der Waals surface area contributed by atoms with Crippen LogP contribution in [-0.4, -0.2) is 33.4 Å². The highest BCUT2D eigenvalue weighted by Crippen LogP contribution is 2.24. The van der Waals surface area contributed by atoms with Gasteiger partial charge in [-0.1, -0.05) is 18.2 Å². The minimum atomic E-state index is -1.56. The van der Waals surface area contributed by atoms with Gasteiger partial charge in [-0.05, 0) is 25.5 Å². The number of aryl methyl sites for hydroxylation is 2. The van der Waals surface area contributed by atoms with Gasteiger partial charge in [0.1, 0.15) is 5.76 Å². The van der Waals surface area contributed by atoms with E-state index in [0.29, 0.717) is 17.3 Å². The zero-order chi connectivity index (χ0) is 16.9. The molecule has 0 saturated carbocycles. The number of hydrogen-bond acceptors (Lipinski definition) is 5. The third-order valence-corrected chi connectivity index (χ3v) is 3.52. The quantitative estimate of drug-likeness (QED) is 0.751. The van der Waals surface area contributed by atoms with Crippen LogP contribution in [0.1, 0.15) is 17.9 Å². The normalized spacial score (nSPS) is 13.1. The van der Waals surface area contributed by atoms with E-state index in [1.165, 1.54) is 0 Å². The van der Waals surface area contributed by atoms with Crippen LogP contribution >= 0.6 is 0 Å². The van der Waals surface area contributed by atoms with Gasteiger partial charge in [0.15, 0.2) is 5.54 Å². The summed E-state index contributed by atoms with van der Waals surface area (Å²) in [6.07, 6.45) is -1.00. The number of oxazole rings is 1. The number of nitriles is 1. The van der Waals surface area contributed by atoms with Crippen molar-refractivity contribution in [2.24, 2.45) is 0 Å². The fourth-order valence-corrected chi connectivity index (χ4v) is 2.20. The molecule has 1 aromatic carbocycles. The van der Waals surface area contributed by atoms with Crippen LogP contribution in [0.2, 0.25) is 0 Å². The SMILES string of the molecule is Cc1nc(-c2ccccc2)oc1CCC(C#N)(CO)NC(=O)O. The van der Waals surface area contributed by atoms with Gasteiger partial charge in [0.2, 0.25) is 5.89 Å². The predicted octanol–water partition coefficient (Wildman–Crippen LogP) is 2.10. The van der Waals surface area contributed by atoms with E-state index in [9.17, 15) is 15.2 Å². The number of carbonyl (C=O) groups is 1. The molecule has 2 rings (SSSR count).